The summed E-state index contributed by atoms with van der Waals surface area (Å²) >= 11 is 6.30. The minimum atomic E-state index is -0.0960. The fourth-order valence-electron chi connectivity index (χ4n) is 2.69. The molecule has 0 bridgehead atoms. The highest BCUT2D eigenvalue weighted by Gasteiger charge is 2.29. The molecule has 4 heteroatoms. The van der Waals surface area contributed by atoms with E-state index in [4.69, 9.17) is 16.6 Å². The first kappa shape index (κ1) is 15.6. The number of hydrogen-bond acceptors (Lipinski definition) is 3. The second kappa shape index (κ2) is 5.51. The van der Waals surface area contributed by atoms with Crippen LogP contribution in [0, 0.1) is 6.92 Å². The fraction of sp³-hybridized carbons (Fsp3) is 0.750. The van der Waals surface area contributed by atoms with Gasteiger partial charge in [0.1, 0.15) is 16.8 Å². The van der Waals surface area contributed by atoms with Gasteiger partial charge in [-0.3, -0.25) is 0 Å². The SMILES string of the molecule is Cc1c(Cl)nc(C(C)(C)C)nc1NC1(C)CCCCC1. The maximum absolute atomic E-state index is 6.30. The Labute approximate surface area is 127 Å². The molecule has 1 aliphatic carbocycles. The molecule has 0 aliphatic heterocycles. The number of hydrogen-bond donors (Lipinski definition) is 1. The molecule has 20 heavy (non-hydrogen) atoms. The van der Waals surface area contributed by atoms with Crippen molar-refractivity contribution >= 4 is 17.4 Å². The Morgan fingerprint density at radius 3 is 2.25 bits per heavy atom. The van der Waals surface area contributed by atoms with Crippen LogP contribution in [0.1, 0.15) is 71.2 Å². The van der Waals surface area contributed by atoms with E-state index in [1.54, 1.807) is 0 Å². The van der Waals surface area contributed by atoms with Crippen LogP contribution in [0.4, 0.5) is 5.82 Å². The molecular weight excluding hydrogens is 270 g/mol. The van der Waals surface area contributed by atoms with E-state index >= 15 is 0 Å². The Morgan fingerprint density at radius 1 is 1.10 bits per heavy atom. The largest absolute Gasteiger partial charge is 0.365 e. The fourth-order valence-corrected chi connectivity index (χ4v) is 2.86. The van der Waals surface area contributed by atoms with Crippen LogP contribution in [0.3, 0.4) is 0 Å². The predicted octanol–water partition coefficient (Wildman–Crippen LogP) is 4.87. The molecule has 0 saturated heterocycles. The van der Waals surface area contributed by atoms with Crippen LogP contribution >= 0.6 is 11.6 Å². The molecule has 0 unspecified atom stereocenters. The summed E-state index contributed by atoms with van der Waals surface area (Å²) in [4.78, 5) is 9.17. The number of rotatable bonds is 2. The first-order valence-electron chi connectivity index (χ1n) is 7.54. The molecule has 1 N–H and O–H groups in total. The van der Waals surface area contributed by atoms with E-state index in [1.165, 1.54) is 32.1 Å². The molecule has 1 aromatic heterocycles. The summed E-state index contributed by atoms with van der Waals surface area (Å²) in [7, 11) is 0. The standard InChI is InChI=1S/C16H26ClN3/c1-11-12(17)18-14(15(2,3)4)19-13(11)20-16(5)9-7-6-8-10-16/h6-10H2,1-5H3,(H,18,19,20). The van der Waals surface area contributed by atoms with Crippen LogP contribution in [-0.4, -0.2) is 15.5 Å². The number of aromatic nitrogens is 2. The van der Waals surface area contributed by atoms with Crippen molar-refractivity contribution in [3.05, 3.63) is 16.5 Å². The minimum absolute atomic E-state index is 0.0960. The quantitative estimate of drug-likeness (QED) is 0.791. The molecule has 0 spiro atoms. The molecule has 0 amide bonds. The van der Waals surface area contributed by atoms with Crippen LogP contribution in [0.15, 0.2) is 0 Å². The molecule has 2 rings (SSSR count). The number of nitrogens with zero attached hydrogens (tertiary/aromatic N) is 2. The lowest BCUT2D eigenvalue weighted by molar-refractivity contribution is 0.348. The first-order chi connectivity index (χ1) is 9.21. The van der Waals surface area contributed by atoms with Gasteiger partial charge in [-0.05, 0) is 26.7 Å². The van der Waals surface area contributed by atoms with E-state index in [2.05, 4.69) is 38.0 Å². The Bertz CT molecular complexity index is 485. The van der Waals surface area contributed by atoms with Crippen molar-refractivity contribution < 1.29 is 0 Å². The number of nitrogens with one attached hydrogen (secondary N) is 1. The molecule has 1 heterocycles. The monoisotopic (exact) mass is 295 g/mol. The van der Waals surface area contributed by atoms with Gasteiger partial charge in [-0.15, -0.1) is 0 Å². The zero-order valence-corrected chi connectivity index (χ0v) is 14.1. The van der Waals surface area contributed by atoms with Crippen molar-refractivity contribution in [1.29, 1.82) is 0 Å². The van der Waals surface area contributed by atoms with Crippen molar-refractivity contribution in [1.82, 2.24) is 9.97 Å². The summed E-state index contributed by atoms with van der Waals surface area (Å²) in [6.07, 6.45) is 6.30. The molecule has 0 radical (unpaired) electrons. The molecule has 1 fully saturated rings. The lowest BCUT2D eigenvalue weighted by Gasteiger charge is -2.36. The van der Waals surface area contributed by atoms with E-state index in [0.717, 1.165) is 17.2 Å². The van der Waals surface area contributed by atoms with Gasteiger partial charge in [0.25, 0.3) is 0 Å². The van der Waals surface area contributed by atoms with Crippen LogP contribution in [0.2, 0.25) is 5.15 Å². The minimum Gasteiger partial charge on any atom is -0.365 e. The average Bonchev–Trinajstić information content (AvgIpc) is 2.34. The van der Waals surface area contributed by atoms with Gasteiger partial charge in [0.2, 0.25) is 0 Å². The van der Waals surface area contributed by atoms with Gasteiger partial charge in [0.05, 0.1) is 0 Å². The van der Waals surface area contributed by atoms with Crippen molar-refractivity contribution in [2.45, 2.75) is 77.7 Å². The van der Waals surface area contributed by atoms with Gasteiger partial charge >= 0.3 is 0 Å². The zero-order valence-electron chi connectivity index (χ0n) is 13.3. The van der Waals surface area contributed by atoms with Crippen LogP contribution in [0.5, 0.6) is 0 Å². The van der Waals surface area contributed by atoms with E-state index in [0.29, 0.717) is 5.15 Å². The second-order valence-electron chi connectivity index (χ2n) is 7.31. The predicted molar refractivity (Wildman–Crippen MR) is 85.6 cm³/mol. The van der Waals surface area contributed by atoms with Crippen molar-refractivity contribution in [2.24, 2.45) is 0 Å². The highest BCUT2D eigenvalue weighted by Crippen LogP contribution is 2.33. The lowest BCUT2D eigenvalue weighted by atomic mass is 9.83. The number of anilines is 1. The van der Waals surface area contributed by atoms with Crippen LogP contribution in [-0.2, 0) is 5.41 Å². The molecular formula is C16H26ClN3. The summed E-state index contributed by atoms with van der Waals surface area (Å²) < 4.78 is 0. The molecule has 0 aromatic carbocycles. The molecule has 1 aliphatic rings. The van der Waals surface area contributed by atoms with Crippen molar-refractivity contribution in [3.63, 3.8) is 0 Å². The average molecular weight is 296 g/mol. The Morgan fingerprint density at radius 2 is 1.70 bits per heavy atom. The van der Waals surface area contributed by atoms with Gasteiger partial charge in [-0.1, -0.05) is 51.6 Å². The van der Waals surface area contributed by atoms with E-state index in [9.17, 15) is 0 Å². The molecule has 0 atom stereocenters. The molecule has 112 valence electrons. The van der Waals surface area contributed by atoms with Gasteiger partial charge in [-0.2, -0.15) is 0 Å². The highest BCUT2D eigenvalue weighted by molar-refractivity contribution is 6.30. The maximum Gasteiger partial charge on any atom is 0.137 e. The van der Waals surface area contributed by atoms with E-state index in [1.807, 2.05) is 6.92 Å². The maximum atomic E-state index is 6.30. The first-order valence-corrected chi connectivity index (χ1v) is 7.92. The van der Waals surface area contributed by atoms with Gasteiger partial charge in [-0.25, -0.2) is 9.97 Å². The van der Waals surface area contributed by atoms with Gasteiger partial charge in [0.15, 0.2) is 0 Å². The van der Waals surface area contributed by atoms with Crippen molar-refractivity contribution in [2.75, 3.05) is 5.32 Å². The second-order valence-corrected chi connectivity index (χ2v) is 7.67. The summed E-state index contributed by atoms with van der Waals surface area (Å²) in [6.45, 7) is 10.6. The van der Waals surface area contributed by atoms with E-state index < -0.39 is 0 Å². The summed E-state index contributed by atoms with van der Waals surface area (Å²) in [5, 5.41) is 4.21. The van der Waals surface area contributed by atoms with Gasteiger partial charge < -0.3 is 5.32 Å². The zero-order chi connectivity index (χ0) is 15.0. The van der Waals surface area contributed by atoms with Gasteiger partial charge in [0, 0.05) is 16.5 Å². The Kier molecular flexibility index (Phi) is 4.29. The van der Waals surface area contributed by atoms with E-state index in [-0.39, 0.29) is 11.0 Å². The smallest absolute Gasteiger partial charge is 0.137 e. The number of halogens is 1. The molecule has 3 nitrogen and oxygen atoms in total. The topological polar surface area (TPSA) is 37.8 Å². The molecule has 1 aromatic rings. The third-order valence-corrected chi connectivity index (χ3v) is 4.50. The molecule has 1 saturated carbocycles. The van der Waals surface area contributed by atoms with Crippen LogP contribution < -0.4 is 5.32 Å². The highest BCUT2D eigenvalue weighted by atomic mass is 35.5. The Hall–Kier alpha value is -0.830. The summed E-state index contributed by atoms with van der Waals surface area (Å²) in [6, 6.07) is 0. The summed E-state index contributed by atoms with van der Waals surface area (Å²) in [5.74, 6) is 1.70. The Balaban J connectivity index is 2.33. The van der Waals surface area contributed by atoms with Crippen LogP contribution in [0.25, 0.3) is 0 Å². The third-order valence-electron chi connectivity index (χ3n) is 4.13. The lowest BCUT2D eigenvalue weighted by Crippen LogP contribution is -2.37. The summed E-state index contributed by atoms with van der Waals surface area (Å²) in [5.41, 5.74) is 0.989. The third kappa shape index (κ3) is 3.43. The normalized spacial score (nSPS) is 18.9. The van der Waals surface area contributed by atoms with Crippen molar-refractivity contribution in [3.8, 4) is 0 Å².